The molecule has 1 aromatic heterocycles. The van der Waals surface area contributed by atoms with E-state index in [0.29, 0.717) is 11.1 Å². The number of hydrogen-bond acceptors (Lipinski definition) is 1. The molecule has 1 heterocycles. The quantitative estimate of drug-likeness (QED) is 0.542. The van der Waals surface area contributed by atoms with Gasteiger partial charge in [-0.1, -0.05) is 24.6 Å². The van der Waals surface area contributed by atoms with Gasteiger partial charge in [-0.3, -0.25) is 0 Å². The Kier molecular flexibility index (Phi) is 1.61. The van der Waals surface area contributed by atoms with E-state index in [1.54, 1.807) is 0 Å². The first-order chi connectivity index (χ1) is 5.27. The average Bonchev–Trinajstić information content (AvgIpc) is 2.32. The van der Waals surface area contributed by atoms with Crippen molar-refractivity contribution in [2.24, 2.45) is 0 Å². The van der Waals surface area contributed by atoms with Crippen LogP contribution in [0.1, 0.15) is 30.5 Å². The van der Waals surface area contributed by atoms with E-state index >= 15 is 0 Å². The molecule has 0 aliphatic heterocycles. The second-order valence-corrected chi connectivity index (χ2v) is 3.50. The molecular formula is C9H10ClN. The summed E-state index contributed by atoms with van der Waals surface area (Å²) < 4.78 is 0. The third kappa shape index (κ3) is 1.14. The van der Waals surface area contributed by atoms with Crippen LogP contribution in [-0.2, 0) is 6.42 Å². The fourth-order valence-corrected chi connectivity index (χ4v) is 1.81. The van der Waals surface area contributed by atoms with E-state index in [0.717, 1.165) is 6.42 Å². The van der Waals surface area contributed by atoms with Crippen molar-refractivity contribution in [2.45, 2.75) is 25.7 Å². The van der Waals surface area contributed by atoms with E-state index in [4.69, 9.17) is 11.6 Å². The molecule has 1 nitrogen and oxygen atoms in total. The van der Waals surface area contributed by atoms with Crippen molar-refractivity contribution < 1.29 is 0 Å². The van der Waals surface area contributed by atoms with Crippen LogP contribution in [-0.4, -0.2) is 4.98 Å². The molecule has 0 spiro atoms. The fourth-order valence-electron chi connectivity index (χ4n) is 1.64. The van der Waals surface area contributed by atoms with Crippen molar-refractivity contribution in [2.75, 3.05) is 0 Å². The largest absolute Gasteiger partial charge is 0.241 e. The summed E-state index contributed by atoms with van der Waals surface area (Å²) in [6, 6.07) is 3.98. The Balaban J connectivity index is 2.50. The number of halogens is 1. The highest BCUT2D eigenvalue weighted by Crippen LogP contribution is 2.31. The molecule has 2 heteroatoms. The monoisotopic (exact) mass is 167 g/mol. The van der Waals surface area contributed by atoms with Gasteiger partial charge in [0, 0.05) is 5.69 Å². The number of aryl methyl sites for hydroxylation is 1. The van der Waals surface area contributed by atoms with Crippen molar-refractivity contribution >= 4 is 11.6 Å². The van der Waals surface area contributed by atoms with Crippen LogP contribution in [0.25, 0.3) is 0 Å². The highest BCUT2D eigenvalue weighted by Gasteiger charge is 2.19. The highest BCUT2D eigenvalue weighted by molar-refractivity contribution is 6.29. The second kappa shape index (κ2) is 2.49. The van der Waals surface area contributed by atoms with Crippen LogP contribution >= 0.6 is 11.6 Å². The van der Waals surface area contributed by atoms with Crippen molar-refractivity contribution in [3.05, 3.63) is 28.5 Å². The maximum absolute atomic E-state index is 5.76. The molecule has 1 aromatic rings. The van der Waals surface area contributed by atoms with Crippen LogP contribution in [0.4, 0.5) is 0 Å². The smallest absolute Gasteiger partial charge is 0.129 e. The van der Waals surface area contributed by atoms with Gasteiger partial charge in [-0.2, -0.15) is 0 Å². The Morgan fingerprint density at radius 3 is 3.18 bits per heavy atom. The summed E-state index contributed by atoms with van der Waals surface area (Å²) in [6.07, 6.45) is 2.32. The molecule has 1 atom stereocenters. The first kappa shape index (κ1) is 7.11. The molecule has 58 valence electrons. The van der Waals surface area contributed by atoms with Crippen molar-refractivity contribution in [3.63, 3.8) is 0 Å². The van der Waals surface area contributed by atoms with Gasteiger partial charge in [0.1, 0.15) is 5.15 Å². The molecule has 0 bridgehead atoms. The first-order valence-electron chi connectivity index (χ1n) is 3.92. The SMILES string of the molecule is CC1CCc2nc(Cl)ccc21. The van der Waals surface area contributed by atoms with Gasteiger partial charge >= 0.3 is 0 Å². The van der Waals surface area contributed by atoms with Gasteiger partial charge in [0.05, 0.1) is 0 Å². The molecule has 1 unspecified atom stereocenters. The Morgan fingerprint density at radius 1 is 1.55 bits per heavy atom. The Morgan fingerprint density at radius 2 is 2.36 bits per heavy atom. The lowest BCUT2D eigenvalue weighted by Gasteiger charge is -2.01. The first-order valence-corrected chi connectivity index (χ1v) is 4.30. The lowest BCUT2D eigenvalue weighted by Crippen LogP contribution is -1.88. The van der Waals surface area contributed by atoms with Crippen LogP contribution in [0.3, 0.4) is 0 Å². The number of hydrogen-bond donors (Lipinski definition) is 0. The van der Waals surface area contributed by atoms with Crippen molar-refractivity contribution in [3.8, 4) is 0 Å². The van der Waals surface area contributed by atoms with E-state index in [1.807, 2.05) is 6.07 Å². The molecule has 0 aromatic carbocycles. The van der Waals surface area contributed by atoms with Gasteiger partial charge in [0.15, 0.2) is 0 Å². The van der Waals surface area contributed by atoms with E-state index in [-0.39, 0.29) is 0 Å². The minimum Gasteiger partial charge on any atom is -0.241 e. The van der Waals surface area contributed by atoms with Gasteiger partial charge in [-0.25, -0.2) is 4.98 Å². The topological polar surface area (TPSA) is 12.9 Å². The van der Waals surface area contributed by atoms with Gasteiger partial charge in [0.25, 0.3) is 0 Å². The number of aromatic nitrogens is 1. The highest BCUT2D eigenvalue weighted by atomic mass is 35.5. The Labute approximate surface area is 71.4 Å². The molecule has 2 rings (SSSR count). The zero-order valence-electron chi connectivity index (χ0n) is 6.47. The number of rotatable bonds is 0. The predicted octanol–water partition coefficient (Wildman–Crippen LogP) is 2.78. The molecule has 11 heavy (non-hydrogen) atoms. The summed E-state index contributed by atoms with van der Waals surface area (Å²) >= 11 is 5.76. The normalized spacial score (nSPS) is 21.8. The average molecular weight is 168 g/mol. The van der Waals surface area contributed by atoms with Crippen molar-refractivity contribution in [1.29, 1.82) is 0 Å². The zero-order chi connectivity index (χ0) is 7.84. The predicted molar refractivity (Wildman–Crippen MR) is 46.0 cm³/mol. The van der Waals surface area contributed by atoms with E-state index in [1.165, 1.54) is 17.7 Å². The Bertz CT molecular complexity index is 283. The lowest BCUT2D eigenvalue weighted by atomic mass is 10.1. The molecule has 0 saturated carbocycles. The molecule has 1 aliphatic rings. The second-order valence-electron chi connectivity index (χ2n) is 3.11. The molecule has 0 fully saturated rings. The van der Waals surface area contributed by atoms with Crippen LogP contribution in [0.5, 0.6) is 0 Å². The standard InChI is InChI=1S/C9H10ClN/c1-6-2-4-8-7(6)3-5-9(10)11-8/h3,5-6H,2,4H2,1H3. The third-order valence-corrected chi connectivity index (χ3v) is 2.53. The molecule has 0 amide bonds. The molecule has 0 N–H and O–H groups in total. The van der Waals surface area contributed by atoms with Crippen molar-refractivity contribution in [1.82, 2.24) is 4.98 Å². The third-order valence-electron chi connectivity index (χ3n) is 2.32. The lowest BCUT2D eigenvalue weighted by molar-refractivity contribution is 0.746. The van der Waals surface area contributed by atoms with Gasteiger partial charge < -0.3 is 0 Å². The fraction of sp³-hybridized carbons (Fsp3) is 0.444. The Hall–Kier alpha value is -0.560. The van der Waals surface area contributed by atoms with Crippen LogP contribution in [0, 0.1) is 0 Å². The van der Waals surface area contributed by atoms with Gasteiger partial charge in [-0.15, -0.1) is 0 Å². The van der Waals surface area contributed by atoms with Crippen LogP contribution in [0.2, 0.25) is 5.15 Å². The van der Waals surface area contributed by atoms with E-state index < -0.39 is 0 Å². The van der Waals surface area contributed by atoms with Crippen LogP contribution < -0.4 is 0 Å². The van der Waals surface area contributed by atoms with E-state index in [9.17, 15) is 0 Å². The molecular weight excluding hydrogens is 158 g/mol. The molecule has 0 radical (unpaired) electrons. The maximum atomic E-state index is 5.76. The minimum atomic E-state index is 0.623. The van der Waals surface area contributed by atoms with Gasteiger partial charge in [-0.05, 0) is 30.4 Å². The summed E-state index contributed by atoms with van der Waals surface area (Å²) in [4.78, 5) is 4.27. The summed E-state index contributed by atoms with van der Waals surface area (Å²) in [6.45, 7) is 2.24. The van der Waals surface area contributed by atoms with Gasteiger partial charge in [0.2, 0.25) is 0 Å². The summed E-state index contributed by atoms with van der Waals surface area (Å²) in [5.74, 6) is 0.676. The number of fused-ring (bicyclic) bond motifs is 1. The number of pyridine rings is 1. The summed E-state index contributed by atoms with van der Waals surface area (Å²) in [5.41, 5.74) is 2.58. The summed E-state index contributed by atoms with van der Waals surface area (Å²) in [5, 5.41) is 0.623. The number of nitrogens with zero attached hydrogens (tertiary/aromatic N) is 1. The zero-order valence-corrected chi connectivity index (χ0v) is 7.23. The molecule has 0 saturated heterocycles. The molecule has 1 aliphatic carbocycles. The maximum Gasteiger partial charge on any atom is 0.129 e. The van der Waals surface area contributed by atoms with Crippen LogP contribution in [0.15, 0.2) is 12.1 Å². The van der Waals surface area contributed by atoms with E-state index in [2.05, 4.69) is 18.0 Å². The summed E-state index contributed by atoms with van der Waals surface area (Å²) in [7, 11) is 0. The minimum absolute atomic E-state index is 0.623.